The van der Waals surface area contributed by atoms with Gasteiger partial charge in [-0.3, -0.25) is 4.79 Å². The highest BCUT2D eigenvalue weighted by Gasteiger charge is 2.60. The Balaban J connectivity index is 2.16. The summed E-state index contributed by atoms with van der Waals surface area (Å²) in [5.41, 5.74) is 6.53. The number of amides is 1. The van der Waals surface area contributed by atoms with Crippen LogP contribution in [-0.4, -0.2) is 23.0 Å². The maximum atomic E-state index is 12.1. The molecular formula is C13H21N3O2. The van der Waals surface area contributed by atoms with E-state index < -0.39 is 0 Å². The largest absolute Gasteiger partial charge is 0.438 e. The third kappa shape index (κ3) is 1.65. The van der Waals surface area contributed by atoms with Crippen molar-refractivity contribution < 1.29 is 9.21 Å². The average molecular weight is 251 g/mol. The van der Waals surface area contributed by atoms with Crippen LogP contribution < -0.4 is 11.1 Å². The molecule has 1 aliphatic carbocycles. The molecule has 0 bridgehead atoms. The SMILES string of the molecule is Cc1ncoc1C(=O)NC1C(C)(C)C(N)C1(C)C. The lowest BCUT2D eigenvalue weighted by Crippen LogP contribution is -2.76. The monoisotopic (exact) mass is 251 g/mol. The first kappa shape index (κ1) is 13.1. The highest BCUT2D eigenvalue weighted by atomic mass is 16.3. The maximum Gasteiger partial charge on any atom is 0.289 e. The van der Waals surface area contributed by atoms with Crippen molar-refractivity contribution in [3.8, 4) is 0 Å². The Labute approximate surface area is 107 Å². The number of nitrogens with two attached hydrogens (primary N) is 1. The standard InChI is InChI=1S/C13H21N3O2/c1-7-8(18-6-15-7)9(17)16-11-12(2,3)10(14)13(11,4)5/h6,10-11H,14H2,1-5H3,(H,16,17). The van der Waals surface area contributed by atoms with Crippen LogP contribution in [0.5, 0.6) is 0 Å². The van der Waals surface area contributed by atoms with Crippen molar-refractivity contribution in [2.45, 2.75) is 46.7 Å². The van der Waals surface area contributed by atoms with Gasteiger partial charge in [0.25, 0.3) is 5.91 Å². The lowest BCUT2D eigenvalue weighted by molar-refractivity contribution is -0.0666. The summed E-state index contributed by atoms with van der Waals surface area (Å²) in [6.45, 7) is 10.0. The smallest absolute Gasteiger partial charge is 0.289 e. The Morgan fingerprint density at radius 2 is 1.94 bits per heavy atom. The predicted octanol–water partition coefficient (Wildman–Crippen LogP) is 1.47. The molecule has 1 heterocycles. The number of nitrogens with zero attached hydrogens (tertiary/aromatic N) is 1. The van der Waals surface area contributed by atoms with Crippen molar-refractivity contribution >= 4 is 5.91 Å². The lowest BCUT2D eigenvalue weighted by atomic mass is 9.48. The fourth-order valence-corrected chi connectivity index (χ4v) is 3.27. The second-order valence-electron chi connectivity index (χ2n) is 6.29. The molecule has 1 aliphatic rings. The van der Waals surface area contributed by atoms with Crippen molar-refractivity contribution in [2.24, 2.45) is 16.6 Å². The molecule has 3 N–H and O–H groups in total. The summed E-state index contributed by atoms with van der Waals surface area (Å²) in [4.78, 5) is 16.1. The highest BCUT2D eigenvalue weighted by molar-refractivity contribution is 5.92. The van der Waals surface area contributed by atoms with Gasteiger partial charge in [-0.1, -0.05) is 27.7 Å². The van der Waals surface area contributed by atoms with Crippen LogP contribution in [0.15, 0.2) is 10.8 Å². The van der Waals surface area contributed by atoms with Crippen LogP contribution in [0, 0.1) is 17.8 Å². The van der Waals surface area contributed by atoms with E-state index in [4.69, 9.17) is 10.2 Å². The van der Waals surface area contributed by atoms with Crippen LogP contribution in [0.2, 0.25) is 0 Å². The van der Waals surface area contributed by atoms with E-state index in [1.54, 1.807) is 6.92 Å². The average Bonchev–Trinajstić information content (AvgIpc) is 2.70. The third-order valence-electron chi connectivity index (χ3n) is 4.32. The molecule has 0 saturated heterocycles. The van der Waals surface area contributed by atoms with Gasteiger partial charge in [-0.25, -0.2) is 4.98 Å². The zero-order chi connectivity index (χ0) is 13.7. The van der Waals surface area contributed by atoms with Crippen molar-refractivity contribution in [2.75, 3.05) is 0 Å². The zero-order valence-electron chi connectivity index (χ0n) is 11.6. The molecule has 5 nitrogen and oxygen atoms in total. The van der Waals surface area contributed by atoms with Gasteiger partial charge in [-0.15, -0.1) is 0 Å². The van der Waals surface area contributed by atoms with E-state index in [2.05, 4.69) is 38.0 Å². The van der Waals surface area contributed by atoms with E-state index in [-0.39, 0.29) is 34.6 Å². The molecule has 0 spiro atoms. The Morgan fingerprint density at radius 1 is 1.39 bits per heavy atom. The van der Waals surface area contributed by atoms with Crippen molar-refractivity contribution in [1.82, 2.24) is 10.3 Å². The topological polar surface area (TPSA) is 81.2 Å². The molecule has 100 valence electrons. The van der Waals surface area contributed by atoms with Gasteiger partial charge in [0.15, 0.2) is 6.39 Å². The van der Waals surface area contributed by atoms with Gasteiger partial charge in [0.2, 0.25) is 5.76 Å². The highest BCUT2D eigenvalue weighted by Crippen LogP contribution is 2.52. The van der Waals surface area contributed by atoms with Crippen LogP contribution in [0.4, 0.5) is 0 Å². The van der Waals surface area contributed by atoms with Crippen molar-refractivity contribution in [3.63, 3.8) is 0 Å². The molecule has 5 heteroatoms. The minimum absolute atomic E-state index is 0.0250. The second kappa shape index (κ2) is 3.82. The number of rotatable bonds is 2. The maximum absolute atomic E-state index is 12.1. The first-order valence-electron chi connectivity index (χ1n) is 6.15. The zero-order valence-corrected chi connectivity index (χ0v) is 11.6. The summed E-state index contributed by atoms with van der Waals surface area (Å²) in [6, 6.07) is 0.0862. The molecule has 1 fully saturated rings. The summed E-state index contributed by atoms with van der Waals surface area (Å²) in [7, 11) is 0. The molecule has 1 amide bonds. The number of hydrogen-bond donors (Lipinski definition) is 2. The Kier molecular flexibility index (Phi) is 2.77. The molecule has 1 aromatic rings. The number of carbonyl (C=O) groups is 1. The van der Waals surface area contributed by atoms with Crippen LogP contribution in [0.1, 0.15) is 43.9 Å². The van der Waals surface area contributed by atoms with Gasteiger partial charge in [0.1, 0.15) is 0 Å². The third-order valence-corrected chi connectivity index (χ3v) is 4.32. The summed E-state index contributed by atoms with van der Waals surface area (Å²) in [5.74, 6) is 0.0603. The molecular weight excluding hydrogens is 230 g/mol. The molecule has 0 unspecified atom stereocenters. The second-order valence-corrected chi connectivity index (χ2v) is 6.29. The van der Waals surface area contributed by atoms with Crippen molar-refractivity contribution in [1.29, 1.82) is 0 Å². The molecule has 1 saturated carbocycles. The van der Waals surface area contributed by atoms with Crippen LogP contribution in [0.25, 0.3) is 0 Å². The number of carbonyl (C=O) groups excluding carboxylic acids is 1. The molecule has 0 aliphatic heterocycles. The van der Waals surface area contributed by atoms with E-state index in [0.717, 1.165) is 0 Å². The molecule has 18 heavy (non-hydrogen) atoms. The van der Waals surface area contributed by atoms with Gasteiger partial charge >= 0.3 is 0 Å². The molecule has 0 radical (unpaired) electrons. The predicted molar refractivity (Wildman–Crippen MR) is 68.0 cm³/mol. The fourth-order valence-electron chi connectivity index (χ4n) is 3.27. The number of oxazole rings is 1. The lowest BCUT2D eigenvalue weighted by Gasteiger charge is -2.62. The van der Waals surface area contributed by atoms with E-state index in [9.17, 15) is 4.79 Å². The number of aromatic nitrogens is 1. The van der Waals surface area contributed by atoms with E-state index in [0.29, 0.717) is 5.69 Å². The Hall–Kier alpha value is -1.36. The molecule has 0 atom stereocenters. The van der Waals surface area contributed by atoms with Gasteiger partial charge in [-0.2, -0.15) is 0 Å². The van der Waals surface area contributed by atoms with Gasteiger partial charge in [0, 0.05) is 22.9 Å². The summed E-state index contributed by atoms with van der Waals surface area (Å²) < 4.78 is 5.10. The minimum atomic E-state index is -0.219. The van der Waals surface area contributed by atoms with Crippen LogP contribution >= 0.6 is 0 Å². The molecule has 1 aromatic heterocycles. The first-order chi connectivity index (χ1) is 8.19. The normalized spacial score (nSPS) is 28.6. The van der Waals surface area contributed by atoms with Crippen LogP contribution in [-0.2, 0) is 0 Å². The number of nitrogens with one attached hydrogen (secondary N) is 1. The first-order valence-corrected chi connectivity index (χ1v) is 6.15. The van der Waals surface area contributed by atoms with E-state index >= 15 is 0 Å². The van der Waals surface area contributed by atoms with E-state index in [1.807, 2.05) is 0 Å². The molecule has 2 rings (SSSR count). The Morgan fingerprint density at radius 3 is 2.39 bits per heavy atom. The quantitative estimate of drug-likeness (QED) is 0.834. The summed E-state index contributed by atoms with van der Waals surface area (Å²) in [6.07, 6.45) is 1.28. The number of aryl methyl sites for hydroxylation is 1. The summed E-state index contributed by atoms with van der Waals surface area (Å²) in [5, 5.41) is 3.02. The van der Waals surface area contributed by atoms with Gasteiger partial charge in [0.05, 0.1) is 5.69 Å². The van der Waals surface area contributed by atoms with Crippen LogP contribution in [0.3, 0.4) is 0 Å². The van der Waals surface area contributed by atoms with Gasteiger partial charge < -0.3 is 15.5 Å². The Bertz CT molecular complexity index is 460. The number of hydrogen-bond acceptors (Lipinski definition) is 4. The fraction of sp³-hybridized carbons (Fsp3) is 0.692. The van der Waals surface area contributed by atoms with Crippen molar-refractivity contribution in [3.05, 3.63) is 17.8 Å². The molecule has 0 aromatic carbocycles. The minimum Gasteiger partial charge on any atom is -0.438 e. The summed E-state index contributed by atoms with van der Waals surface area (Å²) >= 11 is 0. The van der Waals surface area contributed by atoms with E-state index in [1.165, 1.54) is 6.39 Å². The van der Waals surface area contributed by atoms with Gasteiger partial charge in [-0.05, 0) is 6.92 Å².